The van der Waals surface area contributed by atoms with Gasteiger partial charge in [-0.1, -0.05) is 41.1 Å². The van der Waals surface area contributed by atoms with Crippen molar-refractivity contribution < 1.29 is 0 Å². The molecular formula is C13H15BrN2. The number of nitrogens with zero attached hydrogens (tertiary/aromatic N) is 1. The lowest BCUT2D eigenvalue weighted by Crippen LogP contribution is -1.96. The summed E-state index contributed by atoms with van der Waals surface area (Å²) >= 11 is 3.49. The normalized spacial score (nSPS) is 11.6. The molecule has 1 heterocycles. The number of hydrogen-bond acceptors (Lipinski definition) is 2. The maximum atomic E-state index is 4.14. The van der Waals surface area contributed by atoms with E-state index in [1.807, 2.05) is 18.3 Å². The first-order chi connectivity index (χ1) is 7.27. The molecule has 84 valence electrons. The number of hydrogen-bond donors (Lipinski definition) is 1. The van der Waals surface area contributed by atoms with Crippen LogP contribution in [0, 0.1) is 0 Å². The molecule has 1 unspecified atom stereocenters. The average molecular weight is 279 g/mol. The van der Waals surface area contributed by atoms with Crippen LogP contribution in [0.2, 0.25) is 0 Å². The minimum Gasteiger partial charge on any atom is -0.344 e. The Kier molecular flexibility index (Phi) is 4.65. The molecule has 1 aromatic carbocycles. The zero-order chi connectivity index (χ0) is 10.7. The van der Waals surface area contributed by atoms with Crippen molar-refractivity contribution in [2.24, 2.45) is 0 Å². The molecule has 0 amide bonds. The molecule has 0 saturated heterocycles. The molecule has 2 aromatic rings. The first-order valence-corrected chi connectivity index (χ1v) is 5.72. The van der Waals surface area contributed by atoms with Gasteiger partial charge in [0.25, 0.3) is 0 Å². The van der Waals surface area contributed by atoms with E-state index in [1.54, 1.807) is 6.20 Å². The molecule has 1 atom stereocenters. The van der Waals surface area contributed by atoms with Crippen LogP contribution in [0.25, 0.3) is 0 Å². The third-order valence-electron chi connectivity index (χ3n) is 2.53. The highest BCUT2D eigenvalue weighted by Crippen LogP contribution is 2.25. The van der Waals surface area contributed by atoms with E-state index in [1.165, 1.54) is 11.1 Å². The van der Waals surface area contributed by atoms with Crippen LogP contribution in [-0.2, 0) is 0 Å². The van der Waals surface area contributed by atoms with Crippen molar-refractivity contribution >= 4 is 15.9 Å². The highest BCUT2D eigenvalue weighted by Gasteiger charge is 2.07. The molecule has 2 rings (SSSR count). The van der Waals surface area contributed by atoms with E-state index >= 15 is 0 Å². The van der Waals surface area contributed by atoms with Crippen molar-refractivity contribution in [3.8, 4) is 0 Å². The second-order valence-electron chi connectivity index (χ2n) is 3.56. The molecule has 0 radical (unpaired) electrons. The Labute approximate surface area is 104 Å². The lowest BCUT2D eigenvalue weighted by molar-refractivity contribution is 0.910. The van der Waals surface area contributed by atoms with Crippen LogP contribution < -0.4 is 6.15 Å². The van der Waals surface area contributed by atoms with Gasteiger partial charge in [-0.25, -0.2) is 0 Å². The summed E-state index contributed by atoms with van der Waals surface area (Å²) in [6, 6.07) is 12.5. The Morgan fingerprint density at radius 1 is 1.12 bits per heavy atom. The SMILES string of the molecule is CC(c1cccnc1)c1cccc(Br)c1.N. The molecule has 0 spiro atoms. The Morgan fingerprint density at radius 2 is 1.88 bits per heavy atom. The average Bonchev–Trinajstić information content (AvgIpc) is 2.29. The van der Waals surface area contributed by atoms with Gasteiger partial charge in [-0.15, -0.1) is 0 Å². The Hall–Kier alpha value is -1.19. The van der Waals surface area contributed by atoms with E-state index in [0.29, 0.717) is 5.92 Å². The van der Waals surface area contributed by atoms with Crippen LogP contribution >= 0.6 is 15.9 Å². The highest BCUT2D eigenvalue weighted by molar-refractivity contribution is 9.10. The van der Waals surface area contributed by atoms with Crippen LogP contribution in [0.5, 0.6) is 0 Å². The van der Waals surface area contributed by atoms with Crippen LogP contribution in [-0.4, -0.2) is 4.98 Å². The second-order valence-corrected chi connectivity index (χ2v) is 4.48. The van der Waals surface area contributed by atoms with Gasteiger partial charge < -0.3 is 6.15 Å². The fourth-order valence-electron chi connectivity index (χ4n) is 1.60. The van der Waals surface area contributed by atoms with Crippen molar-refractivity contribution in [1.29, 1.82) is 0 Å². The van der Waals surface area contributed by atoms with Gasteiger partial charge in [0.05, 0.1) is 0 Å². The lowest BCUT2D eigenvalue weighted by Gasteiger charge is -2.11. The van der Waals surface area contributed by atoms with E-state index in [4.69, 9.17) is 0 Å². The van der Waals surface area contributed by atoms with Crippen molar-refractivity contribution in [3.63, 3.8) is 0 Å². The summed E-state index contributed by atoms with van der Waals surface area (Å²) in [6.07, 6.45) is 3.72. The Balaban J connectivity index is 0.00000128. The highest BCUT2D eigenvalue weighted by atomic mass is 79.9. The maximum Gasteiger partial charge on any atom is 0.0305 e. The number of pyridine rings is 1. The molecular weight excluding hydrogens is 264 g/mol. The van der Waals surface area contributed by atoms with Gasteiger partial charge in [-0.2, -0.15) is 0 Å². The molecule has 0 bridgehead atoms. The number of benzene rings is 1. The van der Waals surface area contributed by atoms with E-state index in [-0.39, 0.29) is 6.15 Å². The second kappa shape index (κ2) is 5.77. The van der Waals surface area contributed by atoms with Gasteiger partial charge in [0.1, 0.15) is 0 Å². The summed E-state index contributed by atoms with van der Waals surface area (Å²) in [4.78, 5) is 4.14. The van der Waals surface area contributed by atoms with Crippen LogP contribution in [0.4, 0.5) is 0 Å². The molecule has 0 aliphatic carbocycles. The fraction of sp³-hybridized carbons (Fsp3) is 0.154. The third-order valence-corrected chi connectivity index (χ3v) is 3.03. The summed E-state index contributed by atoms with van der Waals surface area (Å²) in [5.41, 5.74) is 2.55. The smallest absolute Gasteiger partial charge is 0.0305 e. The quantitative estimate of drug-likeness (QED) is 0.897. The van der Waals surface area contributed by atoms with E-state index in [0.717, 1.165) is 4.47 Å². The zero-order valence-electron chi connectivity index (χ0n) is 9.23. The molecule has 3 N–H and O–H groups in total. The van der Waals surface area contributed by atoms with Gasteiger partial charge in [0.15, 0.2) is 0 Å². The molecule has 1 aromatic heterocycles. The Bertz CT molecular complexity index is 443. The summed E-state index contributed by atoms with van der Waals surface area (Å²) in [6.45, 7) is 2.19. The topological polar surface area (TPSA) is 47.9 Å². The van der Waals surface area contributed by atoms with Crippen molar-refractivity contribution in [3.05, 3.63) is 64.4 Å². The molecule has 3 heteroatoms. The largest absolute Gasteiger partial charge is 0.344 e. The fourth-order valence-corrected chi connectivity index (χ4v) is 2.02. The maximum absolute atomic E-state index is 4.14. The Morgan fingerprint density at radius 3 is 2.50 bits per heavy atom. The van der Waals surface area contributed by atoms with Crippen molar-refractivity contribution in [2.75, 3.05) is 0 Å². The van der Waals surface area contributed by atoms with Crippen LogP contribution in [0.15, 0.2) is 53.3 Å². The first kappa shape index (κ1) is 12.9. The molecule has 0 fully saturated rings. The molecule has 16 heavy (non-hydrogen) atoms. The van der Waals surface area contributed by atoms with Gasteiger partial charge in [-0.05, 0) is 29.3 Å². The summed E-state index contributed by atoms with van der Waals surface area (Å²) in [7, 11) is 0. The molecule has 0 aliphatic heterocycles. The summed E-state index contributed by atoms with van der Waals surface area (Å²) < 4.78 is 1.12. The van der Waals surface area contributed by atoms with E-state index in [9.17, 15) is 0 Å². The van der Waals surface area contributed by atoms with Crippen LogP contribution in [0.1, 0.15) is 24.0 Å². The first-order valence-electron chi connectivity index (χ1n) is 4.93. The number of halogens is 1. The van der Waals surface area contributed by atoms with Crippen molar-refractivity contribution in [1.82, 2.24) is 11.1 Å². The minimum atomic E-state index is 0. The third kappa shape index (κ3) is 2.90. The number of rotatable bonds is 2. The standard InChI is InChI=1S/C13H12BrN.H3N/c1-10(12-5-3-7-15-9-12)11-4-2-6-13(14)8-11;/h2-10H,1H3;1H3. The van der Waals surface area contributed by atoms with Crippen molar-refractivity contribution in [2.45, 2.75) is 12.8 Å². The van der Waals surface area contributed by atoms with E-state index < -0.39 is 0 Å². The minimum absolute atomic E-state index is 0. The number of aromatic nitrogens is 1. The van der Waals surface area contributed by atoms with Gasteiger partial charge in [0, 0.05) is 22.8 Å². The van der Waals surface area contributed by atoms with Crippen LogP contribution in [0.3, 0.4) is 0 Å². The molecule has 2 nitrogen and oxygen atoms in total. The van der Waals surface area contributed by atoms with E-state index in [2.05, 4.69) is 52.1 Å². The predicted molar refractivity (Wildman–Crippen MR) is 70.9 cm³/mol. The lowest BCUT2D eigenvalue weighted by atomic mass is 9.95. The molecule has 0 saturated carbocycles. The predicted octanol–water partition coefficient (Wildman–Crippen LogP) is 4.16. The zero-order valence-corrected chi connectivity index (χ0v) is 10.8. The molecule has 0 aliphatic rings. The van der Waals surface area contributed by atoms with Gasteiger partial charge in [0.2, 0.25) is 0 Å². The summed E-state index contributed by atoms with van der Waals surface area (Å²) in [5.74, 6) is 0.385. The van der Waals surface area contributed by atoms with Gasteiger partial charge >= 0.3 is 0 Å². The monoisotopic (exact) mass is 278 g/mol. The van der Waals surface area contributed by atoms with Gasteiger partial charge in [-0.3, -0.25) is 4.98 Å². The summed E-state index contributed by atoms with van der Waals surface area (Å²) in [5, 5.41) is 0.